The lowest BCUT2D eigenvalue weighted by atomic mass is 10.1. The highest BCUT2D eigenvalue weighted by Gasteiger charge is 2.43. The number of nitrogens with zero attached hydrogens (tertiary/aromatic N) is 2. The number of benzene rings is 2. The van der Waals surface area contributed by atoms with Gasteiger partial charge >= 0.3 is 0 Å². The topological polar surface area (TPSA) is 81.8 Å². The molecule has 31 heavy (non-hydrogen) atoms. The molecule has 1 heterocycles. The number of carbonyl (C=O) groups is 3. The molecule has 0 spiro atoms. The largest absolute Gasteiger partial charge is 0.356 e. The highest BCUT2D eigenvalue weighted by atomic mass is 32.1. The van der Waals surface area contributed by atoms with Gasteiger partial charge in [-0.05, 0) is 49.3 Å². The number of hydrogen-bond donors (Lipinski definition) is 2. The molecule has 1 aliphatic heterocycles. The minimum atomic E-state index is -0.971. The van der Waals surface area contributed by atoms with Crippen LogP contribution < -0.4 is 10.7 Å². The fourth-order valence-corrected chi connectivity index (χ4v) is 3.68. The first-order valence-corrected chi connectivity index (χ1v) is 10.3. The van der Waals surface area contributed by atoms with Gasteiger partial charge in [0, 0.05) is 18.7 Å². The summed E-state index contributed by atoms with van der Waals surface area (Å²) in [6, 6.07) is 13.9. The average molecular weight is 443 g/mol. The van der Waals surface area contributed by atoms with Gasteiger partial charge in [0.2, 0.25) is 5.91 Å². The van der Waals surface area contributed by atoms with E-state index in [4.69, 9.17) is 12.2 Å². The van der Waals surface area contributed by atoms with Crippen molar-refractivity contribution in [1.29, 1.82) is 0 Å². The van der Waals surface area contributed by atoms with Crippen LogP contribution in [0.5, 0.6) is 0 Å². The van der Waals surface area contributed by atoms with E-state index >= 15 is 0 Å². The van der Waals surface area contributed by atoms with Gasteiger partial charge in [-0.2, -0.15) is 0 Å². The van der Waals surface area contributed by atoms with Crippen molar-refractivity contribution in [1.82, 2.24) is 20.7 Å². The van der Waals surface area contributed by atoms with Crippen LogP contribution in [0.25, 0.3) is 0 Å². The number of nitrogens with one attached hydrogen (secondary N) is 2. The quantitative estimate of drug-likeness (QED) is 0.612. The number of hydrazine groups is 1. The Kier molecular flexibility index (Phi) is 7.30. The van der Waals surface area contributed by atoms with Crippen LogP contribution in [0, 0.1) is 5.82 Å². The van der Waals surface area contributed by atoms with E-state index in [0.717, 1.165) is 11.6 Å². The Morgan fingerprint density at radius 1 is 1.13 bits per heavy atom. The van der Waals surface area contributed by atoms with E-state index in [9.17, 15) is 18.8 Å². The zero-order valence-corrected chi connectivity index (χ0v) is 17.8. The fourth-order valence-electron chi connectivity index (χ4n) is 3.29. The molecule has 7 nitrogen and oxygen atoms in total. The fraction of sp³-hybridized carbons (Fsp3) is 0.273. The van der Waals surface area contributed by atoms with Gasteiger partial charge in [0.15, 0.2) is 5.11 Å². The van der Waals surface area contributed by atoms with Gasteiger partial charge in [-0.1, -0.05) is 36.4 Å². The molecule has 1 aliphatic rings. The van der Waals surface area contributed by atoms with Crippen LogP contribution in [0.2, 0.25) is 0 Å². The van der Waals surface area contributed by atoms with Crippen LogP contribution >= 0.6 is 12.2 Å². The molecule has 0 aliphatic carbocycles. The molecule has 9 heteroatoms. The van der Waals surface area contributed by atoms with Gasteiger partial charge < -0.3 is 5.32 Å². The Bertz CT molecular complexity index is 986. The lowest BCUT2D eigenvalue weighted by Gasteiger charge is -2.24. The summed E-state index contributed by atoms with van der Waals surface area (Å²) in [5, 5.41) is 4.11. The second-order valence-electron chi connectivity index (χ2n) is 6.99. The van der Waals surface area contributed by atoms with E-state index in [1.165, 1.54) is 28.1 Å². The highest BCUT2D eigenvalue weighted by Crippen LogP contribution is 2.19. The van der Waals surface area contributed by atoms with Crippen molar-refractivity contribution in [2.24, 2.45) is 0 Å². The molecule has 2 N–H and O–H groups in total. The summed E-state index contributed by atoms with van der Waals surface area (Å²) in [4.78, 5) is 39.1. The molecule has 0 radical (unpaired) electrons. The van der Waals surface area contributed by atoms with Crippen molar-refractivity contribution in [3.63, 3.8) is 0 Å². The summed E-state index contributed by atoms with van der Waals surface area (Å²) in [6.45, 7) is 2.47. The van der Waals surface area contributed by atoms with Crippen LogP contribution in [-0.4, -0.2) is 51.9 Å². The molecule has 3 amide bonds. The maximum absolute atomic E-state index is 13.5. The Morgan fingerprint density at radius 3 is 2.55 bits per heavy atom. The van der Waals surface area contributed by atoms with Crippen LogP contribution in [-0.2, 0) is 16.0 Å². The normalized spacial score (nSPS) is 15.9. The SMILES string of the molecule is CCN1C(=O)C(CC(=O)NCCc2ccccc2)N(NC(=O)c2cccc(F)c2)C1=S. The first-order chi connectivity index (χ1) is 14.9. The third kappa shape index (κ3) is 5.43. The standard InChI is InChI=1S/C22H23FN4O3S/c1-2-26-21(30)18(14-19(28)24-12-11-15-7-4-3-5-8-15)27(22(26)31)25-20(29)16-9-6-10-17(23)13-16/h3-10,13,18H,2,11-12,14H2,1H3,(H,24,28)(H,25,29). The van der Waals surface area contributed by atoms with E-state index in [-0.39, 0.29) is 28.9 Å². The zero-order chi connectivity index (χ0) is 22.4. The number of carbonyl (C=O) groups excluding carboxylic acids is 3. The molecule has 1 unspecified atom stereocenters. The van der Waals surface area contributed by atoms with Crippen molar-refractivity contribution in [3.05, 3.63) is 71.5 Å². The number of hydrogen-bond acceptors (Lipinski definition) is 4. The maximum Gasteiger partial charge on any atom is 0.269 e. The molecule has 2 aromatic rings. The summed E-state index contributed by atoms with van der Waals surface area (Å²) < 4.78 is 13.5. The predicted molar refractivity (Wildman–Crippen MR) is 117 cm³/mol. The molecule has 0 saturated carbocycles. The molecular formula is C22H23FN4O3S. The number of rotatable bonds is 8. The van der Waals surface area contributed by atoms with Crippen LogP contribution in [0.3, 0.4) is 0 Å². The Hall–Kier alpha value is -3.33. The summed E-state index contributed by atoms with van der Waals surface area (Å²) in [6.07, 6.45) is 0.485. The smallest absolute Gasteiger partial charge is 0.269 e. The molecule has 1 saturated heterocycles. The van der Waals surface area contributed by atoms with E-state index in [1.807, 2.05) is 30.3 Å². The maximum atomic E-state index is 13.5. The number of halogens is 1. The predicted octanol–water partition coefficient (Wildman–Crippen LogP) is 2.04. The second kappa shape index (κ2) is 10.1. The molecule has 1 atom stereocenters. The minimum absolute atomic E-state index is 0.0799. The van der Waals surface area contributed by atoms with E-state index in [1.54, 1.807) is 6.92 Å². The van der Waals surface area contributed by atoms with Crippen molar-refractivity contribution in [3.8, 4) is 0 Å². The van der Waals surface area contributed by atoms with E-state index < -0.39 is 17.8 Å². The molecular weight excluding hydrogens is 419 g/mol. The monoisotopic (exact) mass is 442 g/mol. The molecule has 1 fully saturated rings. The van der Waals surface area contributed by atoms with Gasteiger partial charge in [0.25, 0.3) is 11.8 Å². The number of amides is 3. The van der Waals surface area contributed by atoms with E-state index in [2.05, 4.69) is 10.7 Å². The lowest BCUT2D eigenvalue weighted by molar-refractivity contribution is -0.132. The summed E-state index contributed by atoms with van der Waals surface area (Å²) in [5.41, 5.74) is 3.71. The summed E-state index contributed by atoms with van der Waals surface area (Å²) in [7, 11) is 0. The highest BCUT2D eigenvalue weighted by molar-refractivity contribution is 7.80. The Labute approximate surface area is 185 Å². The summed E-state index contributed by atoms with van der Waals surface area (Å²) in [5.74, 6) is -1.88. The van der Waals surface area contributed by atoms with Gasteiger partial charge in [-0.15, -0.1) is 0 Å². The Morgan fingerprint density at radius 2 is 1.87 bits per heavy atom. The number of likely N-dealkylation sites (N-methyl/N-ethyl adjacent to an activating group) is 1. The molecule has 2 aromatic carbocycles. The molecule has 162 valence electrons. The van der Waals surface area contributed by atoms with Crippen LogP contribution in [0.4, 0.5) is 4.39 Å². The van der Waals surface area contributed by atoms with Crippen LogP contribution in [0.1, 0.15) is 29.3 Å². The van der Waals surface area contributed by atoms with Gasteiger partial charge in [0.1, 0.15) is 11.9 Å². The van der Waals surface area contributed by atoms with Crippen molar-refractivity contribution in [2.45, 2.75) is 25.8 Å². The number of thiocarbonyl (C=S) groups is 1. The van der Waals surface area contributed by atoms with Crippen LogP contribution in [0.15, 0.2) is 54.6 Å². The first kappa shape index (κ1) is 22.4. The summed E-state index contributed by atoms with van der Waals surface area (Å²) >= 11 is 5.32. The lowest BCUT2D eigenvalue weighted by Crippen LogP contribution is -2.50. The zero-order valence-electron chi connectivity index (χ0n) is 17.0. The van der Waals surface area contributed by atoms with E-state index in [0.29, 0.717) is 19.5 Å². The van der Waals surface area contributed by atoms with Crippen molar-refractivity contribution >= 4 is 35.1 Å². The van der Waals surface area contributed by atoms with Gasteiger partial charge in [0.05, 0.1) is 6.42 Å². The first-order valence-electron chi connectivity index (χ1n) is 9.92. The second-order valence-corrected chi connectivity index (χ2v) is 7.36. The molecule has 0 bridgehead atoms. The minimum Gasteiger partial charge on any atom is -0.356 e. The Balaban J connectivity index is 1.65. The third-order valence-electron chi connectivity index (χ3n) is 4.88. The molecule has 3 rings (SSSR count). The van der Waals surface area contributed by atoms with Gasteiger partial charge in [-0.3, -0.25) is 24.7 Å². The third-order valence-corrected chi connectivity index (χ3v) is 5.30. The molecule has 0 aromatic heterocycles. The van der Waals surface area contributed by atoms with Crippen molar-refractivity contribution in [2.75, 3.05) is 13.1 Å². The van der Waals surface area contributed by atoms with Gasteiger partial charge in [-0.25, -0.2) is 9.40 Å². The van der Waals surface area contributed by atoms with Crippen molar-refractivity contribution < 1.29 is 18.8 Å². The average Bonchev–Trinajstić information content (AvgIpc) is 2.97.